The zero-order valence-corrected chi connectivity index (χ0v) is 10.4. The zero-order valence-electron chi connectivity index (χ0n) is 10.4. The summed E-state index contributed by atoms with van der Waals surface area (Å²) in [5, 5.41) is 9.65. The molecule has 0 bridgehead atoms. The number of nitriles is 1. The van der Waals surface area contributed by atoms with Gasteiger partial charge in [-0.1, -0.05) is 6.07 Å². The van der Waals surface area contributed by atoms with Crippen molar-refractivity contribution >= 4 is 16.7 Å². The molecular weight excluding hydrogens is 243 g/mol. The first-order chi connectivity index (χ1) is 9.29. The van der Waals surface area contributed by atoms with Gasteiger partial charge < -0.3 is 4.90 Å². The summed E-state index contributed by atoms with van der Waals surface area (Å²) in [4.78, 5) is 10.4. The molecule has 0 unspecified atom stereocenters. The molecule has 1 saturated heterocycles. The Morgan fingerprint density at radius 3 is 2.79 bits per heavy atom. The molecule has 1 aliphatic heterocycles. The highest BCUT2D eigenvalue weighted by Crippen LogP contribution is 2.27. The van der Waals surface area contributed by atoms with Crippen LogP contribution in [0.3, 0.4) is 0 Å². The molecule has 4 nitrogen and oxygen atoms in total. The van der Waals surface area contributed by atoms with Crippen molar-refractivity contribution in [2.45, 2.75) is 12.8 Å². The molecule has 2 aromatic rings. The smallest absolute Gasteiger partial charge is 0.149 e. The highest BCUT2D eigenvalue weighted by atomic mass is 19.1. The minimum absolute atomic E-state index is 0.126. The van der Waals surface area contributed by atoms with Crippen LogP contribution in [0.25, 0.3) is 10.9 Å². The SMILES string of the molecule is N#CC1CCN(c2ncnc3c(F)cccc23)CC1. The van der Waals surface area contributed by atoms with E-state index in [1.54, 1.807) is 6.07 Å². The fourth-order valence-electron chi connectivity index (χ4n) is 2.51. The fourth-order valence-corrected chi connectivity index (χ4v) is 2.51. The van der Waals surface area contributed by atoms with E-state index in [1.807, 2.05) is 6.07 Å². The topological polar surface area (TPSA) is 52.8 Å². The number of hydrogen-bond donors (Lipinski definition) is 0. The molecule has 3 rings (SSSR count). The van der Waals surface area contributed by atoms with Crippen molar-refractivity contribution in [2.24, 2.45) is 5.92 Å². The normalized spacial score (nSPS) is 16.5. The Morgan fingerprint density at radius 1 is 1.26 bits per heavy atom. The van der Waals surface area contributed by atoms with E-state index in [0.717, 1.165) is 37.1 Å². The van der Waals surface area contributed by atoms with Crippen LogP contribution in [0.4, 0.5) is 10.2 Å². The largest absolute Gasteiger partial charge is 0.356 e. The molecule has 0 amide bonds. The summed E-state index contributed by atoms with van der Waals surface area (Å²) in [6.45, 7) is 1.56. The third-order valence-electron chi connectivity index (χ3n) is 3.57. The predicted molar refractivity (Wildman–Crippen MR) is 70.0 cm³/mol. The van der Waals surface area contributed by atoms with Crippen molar-refractivity contribution < 1.29 is 4.39 Å². The van der Waals surface area contributed by atoms with Gasteiger partial charge in [0.05, 0.1) is 6.07 Å². The molecule has 0 N–H and O–H groups in total. The summed E-state index contributed by atoms with van der Waals surface area (Å²) in [7, 11) is 0. The molecule has 96 valence electrons. The minimum Gasteiger partial charge on any atom is -0.356 e. The lowest BCUT2D eigenvalue weighted by Crippen LogP contribution is -2.34. The number of hydrogen-bond acceptors (Lipinski definition) is 4. The number of nitrogens with zero attached hydrogens (tertiary/aromatic N) is 4. The molecule has 0 spiro atoms. The van der Waals surface area contributed by atoms with E-state index in [0.29, 0.717) is 5.52 Å². The number of fused-ring (bicyclic) bond motifs is 1. The molecule has 1 aliphatic rings. The Kier molecular flexibility index (Phi) is 3.00. The van der Waals surface area contributed by atoms with Crippen LogP contribution in [0.1, 0.15) is 12.8 Å². The molecule has 1 aromatic heterocycles. The zero-order chi connectivity index (χ0) is 13.2. The van der Waals surface area contributed by atoms with Crippen LogP contribution >= 0.6 is 0 Å². The van der Waals surface area contributed by atoms with Gasteiger partial charge >= 0.3 is 0 Å². The third kappa shape index (κ3) is 2.10. The van der Waals surface area contributed by atoms with Gasteiger partial charge in [0.15, 0.2) is 0 Å². The number of halogens is 1. The summed E-state index contributed by atoms with van der Waals surface area (Å²) >= 11 is 0. The van der Waals surface area contributed by atoms with Crippen LogP contribution in [-0.4, -0.2) is 23.1 Å². The maximum atomic E-state index is 13.7. The molecule has 19 heavy (non-hydrogen) atoms. The third-order valence-corrected chi connectivity index (χ3v) is 3.57. The standard InChI is InChI=1S/C14H13FN4/c15-12-3-1-2-11-13(12)17-9-18-14(11)19-6-4-10(8-16)5-7-19/h1-3,9-10H,4-7H2. The van der Waals surface area contributed by atoms with Gasteiger partial charge in [0.25, 0.3) is 0 Å². The lowest BCUT2D eigenvalue weighted by molar-refractivity contribution is 0.486. The number of rotatable bonds is 1. The molecule has 0 atom stereocenters. The van der Waals surface area contributed by atoms with E-state index >= 15 is 0 Å². The van der Waals surface area contributed by atoms with E-state index in [1.165, 1.54) is 12.4 Å². The molecule has 5 heteroatoms. The van der Waals surface area contributed by atoms with Crippen LogP contribution in [0.2, 0.25) is 0 Å². The Labute approximate surface area is 110 Å². The number of aromatic nitrogens is 2. The quantitative estimate of drug-likeness (QED) is 0.786. The lowest BCUT2D eigenvalue weighted by Gasteiger charge is -2.30. The monoisotopic (exact) mass is 256 g/mol. The van der Waals surface area contributed by atoms with Gasteiger partial charge in [-0.2, -0.15) is 5.26 Å². The first-order valence-electron chi connectivity index (χ1n) is 6.33. The van der Waals surface area contributed by atoms with Gasteiger partial charge in [0, 0.05) is 24.4 Å². The molecule has 2 heterocycles. The van der Waals surface area contributed by atoms with E-state index in [2.05, 4.69) is 20.9 Å². The summed E-state index contributed by atoms with van der Waals surface area (Å²) in [5.74, 6) is 0.565. The van der Waals surface area contributed by atoms with E-state index in [4.69, 9.17) is 5.26 Å². The second-order valence-electron chi connectivity index (χ2n) is 4.72. The van der Waals surface area contributed by atoms with Crippen LogP contribution in [-0.2, 0) is 0 Å². The maximum absolute atomic E-state index is 13.7. The minimum atomic E-state index is -0.326. The molecule has 0 saturated carbocycles. The van der Waals surface area contributed by atoms with E-state index < -0.39 is 0 Å². The summed E-state index contributed by atoms with van der Waals surface area (Å²) in [5.41, 5.74) is 0.356. The van der Waals surface area contributed by atoms with Crippen molar-refractivity contribution in [2.75, 3.05) is 18.0 Å². The van der Waals surface area contributed by atoms with E-state index in [-0.39, 0.29) is 11.7 Å². The van der Waals surface area contributed by atoms with Crippen molar-refractivity contribution in [1.82, 2.24) is 9.97 Å². The number of para-hydroxylation sites is 1. The molecule has 0 radical (unpaired) electrons. The molecule has 1 aromatic carbocycles. The average Bonchev–Trinajstić information content (AvgIpc) is 2.47. The number of benzene rings is 1. The average molecular weight is 256 g/mol. The molecule has 1 fully saturated rings. The first-order valence-corrected chi connectivity index (χ1v) is 6.33. The fraction of sp³-hybridized carbons (Fsp3) is 0.357. The number of piperidine rings is 1. The van der Waals surface area contributed by atoms with Gasteiger partial charge in [0.1, 0.15) is 23.5 Å². The Bertz CT molecular complexity index is 641. The van der Waals surface area contributed by atoms with Crippen molar-refractivity contribution in [1.29, 1.82) is 5.26 Å². The van der Waals surface area contributed by atoms with Crippen LogP contribution < -0.4 is 4.90 Å². The van der Waals surface area contributed by atoms with Crippen molar-refractivity contribution in [3.63, 3.8) is 0 Å². The van der Waals surface area contributed by atoms with Gasteiger partial charge in [-0.15, -0.1) is 0 Å². The second kappa shape index (κ2) is 4.81. The summed E-state index contributed by atoms with van der Waals surface area (Å²) < 4.78 is 13.7. The molecule has 0 aliphatic carbocycles. The second-order valence-corrected chi connectivity index (χ2v) is 4.72. The predicted octanol–water partition coefficient (Wildman–Crippen LogP) is 2.51. The summed E-state index contributed by atoms with van der Waals surface area (Å²) in [6, 6.07) is 7.22. The Morgan fingerprint density at radius 2 is 2.05 bits per heavy atom. The molecular formula is C14H13FN4. The summed E-state index contributed by atoms with van der Waals surface area (Å²) in [6.07, 6.45) is 3.06. The Hall–Kier alpha value is -2.22. The first kappa shape index (κ1) is 11.8. The van der Waals surface area contributed by atoms with Gasteiger partial charge in [-0.3, -0.25) is 0 Å². The Balaban J connectivity index is 1.98. The highest BCUT2D eigenvalue weighted by molar-refractivity contribution is 5.89. The van der Waals surface area contributed by atoms with Crippen LogP contribution in [0, 0.1) is 23.1 Å². The van der Waals surface area contributed by atoms with Crippen LogP contribution in [0.15, 0.2) is 24.5 Å². The van der Waals surface area contributed by atoms with Crippen molar-refractivity contribution in [3.8, 4) is 6.07 Å². The number of anilines is 1. The highest BCUT2D eigenvalue weighted by Gasteiger charge is 2.21. The maximum Gasteiger partial charge on any atom is 0.149 e. The van der Waals surface area contributed by atoms with E-state index in [9.17, 15) is 4.39 Å². The van der Waals surface area contributed by atoms with Crippen LogP contribution in [0.5, 0.6) is 0 Å². The van der Waals surface area contributed by atoms with Gasteiger partial charge in [0.2, 0.25) is 0 Å². The van der Waals surface area contributed by atoms with Crippen molar-refractivity contribution in [3.05, 3.63) is 30.3 Å². The van der Waals surface area contributed by atoms with Gasteiger partial charge in [-0.05, 0) is 25.0 Å². The van der Waals surface area contributed by atoms with Gasteiger partial charge in [-0.25, -0.2) is 14.4 Å². The lowest BCUT2D eigenvalue weighted by atomic mass is 9.98.